The predicted molar refractivity (Wildman–Crippen MR) is 63.1 cm³/mol. The second kappa shape index (κ2) is 7.61. The van der Waals surface area contributed by atoms with Crippen LogP contribution in [0.1, 0.15) is 19.8 Å². The first kappa shape index (κ1) is 12.4. The van der Waals surface area contributed by atoms with E-state index in [0.29, 0.717) is 6.61 Å². The molecule has 1 heterocycles. The highest BCUT2D eigenvalue weighted by Gasteiger charge is 2.20. The highest BCUT2D eigenvalue weighted by atomic mass is 16.5. The Labute approximate surface area is 96.7 Å². The molecule has 1 aliphatic rings. The van der Waals surface area contributed by atoms with Gasteiger partial charge in [0.05, 0.1) is 6.10 Å². The van der Waals surface area contributed by atoms with Gasteiger partial charge in [0.2, 0.25) is 0 Å². The molecule has 16 heavy (non-hydrogen) atoms. The molecular weight excluding hydrogens is 200 g/mol. The van der Waals surface area contributed by atoms with Gasteiger partial charge in [0.15, 0.2) is 0 Å². The van der Waals surface area contributed by atoms with Crippen LogP contribution in [0.5, 0.6) is 0 Å². The largest absolute Gasteiger partial charge is 0.390 e. The maximum absolute atomic E-state index is 9.57. The Morgan fingerprint density at radius 3 is 2.81 bits per heavy atom. The first-order valence-corrected chi connectivity index (χ1v) is 5.23. The summed E-state index contributed by atoms with van der Waals surface area (Å²) < 4.78 is 5.37. The summed E-state index contributed by atoms with van der Waals surface area (Å²) in [6, 6.07) is 0. The lowest BCUT2D eigenvalue weighted by Gasteiger charge is -2.25. The predicted octanol–water partition coefficient (Wildman–Crippen LogP) is 1.11. The molecule has 1 N–H and O–H groups in total. The van der Waals surface area contributed by atoms with Crippen LogP contribution in [-0.2, 0) is 4.74 Å². The van der Waals surface area contributed by atoms with Crippen molar-refractivity contribution >= 4 is 0 Å². The van der Waals surface area contributed by atoms with Crippen LogP contribution in [0.25, 0.3) is 0 Å². The molecule has 0 unspecified atom stereocenters. The molecule has 2 heteroatoms. The number of allylic oxidation sites excluding steroid dienone is 1. The lowest BCUT2D eigenvalue weighted by molar-refractivity contribution is -0.0483. The molecule has 0 spiro atoms. The van der Waals surface area contributed by atoms with E-state index in [0.717, 1.165) is 12.8 Å². The number of aliphatic hydroxyl groups excluding tert-OH is 1. The molecule has 0 aromatic rings. The molecule has 1 fully saturated rings. The van der Waals surface area contributed by atoms with Gasteiger partial charge < -0.3 is 9.84 Å². The van der Waals surface area contributed by atoms with E-state index in [2.05, 4.69) is 35.5 Å². The highest BCUT2D eigenvalue weighted by molar-refractivity contribution is 5.37. The SMILES string of the molecule is CC#CC#CC#C/C=C/[C@@H]1OCCC[C@H]1O. The van der Waals surface area contributed by atoms with Crippen molar-refractivity contribution in [3.05, 3.63) is 12.2 Å². The van der Waals surface area contributed by atoms with E-state index >= 15 is 0 Å². The second-order valence-electron chi connectivity index (χ2n) is 3.30. The van der Waals surface area contributed by atoms with Gasteiger partial charge in [0.25, 0.3) is 0 Å². The van der Waals surface area contributed by atoms with E-state index in [1.54, 1.807) is 19.1 Å². The monoisotopic (exact) mass is 214 g/mol. The Kier molecular flexibility index (Phi) is 5.90. The molecule has 0 bridgehead atoms. The summed E-state index contributed by atoms with van der Waals surface area (Å²) in [6.45, 7) is 2.43. The standard InChI is InChI=1S/C14H14O2/c1-2-3-4-5-6-7-8-11-14-13(15)10-9-12-16-14/h8,11,13-15H,9-10,12H2,1H3/b11-8+/t13-,14+/m1/s1. The number of rotatable bonds is 1. The number of ether oxygens (including phenoxy) is 1. The average molecular weight is 214 g/mol. The first-order valence-electron chi connectivity index (χ1n) is 5.23. The van der Waals surface area contributed by atoms with Gasteiger partial charge in [-0.2, -0.15) is 0 Å². The summed E-state index contributed by atoms with van der Waals surface area (Å²) >= 11 is 0. The molecule has 2 nitrogen and oxygen atoms in total. The van der Waals surface area contributed by atoms with Crippen molar-refractivity contribution in [2.24, 2.45) is 0 Å². The minimum absolute atomic E-state index is 0.230. The third kappa shape index (κ3) is 4.72. The molecule has 82 valence electrons. The molecule has 0 aliphatic carbocycles. The van der Waals surface area contributed by atoms with Crippen LogP contribution < -0.4 is 0 Å². The van der Waals surface area contributed by atoms with E-state index in [4.69, 9.17) is 4.74 Å². The van der Waals surface area contributed by atoms with Crippen molar-refractivity contribution in [3.8, 4) is 35.5 Å². The molecule has 1 saturated heterocycles. The van der Waals surface area contributed by atoms with Crippen molar-refractivity contribution in [2.75, 3.05) is 6.61 Å². The zero-order valence-electron chi connectivity index (χ0n) is 9.29. The third-order valence-corrected chi connectivity index (χ3v) is 2.09. The molecule has 1 aliphatic heterocycles. The lowest BCUT2D eigenvalue weighted by Crippen LogP contribution is -2.32. The molecule has 0 aromatic carbocycles. The van der Waals surface area contributed by atoms with Gasteiger partial charge in [-0.25, -0.2) is 0 Å². The molecule has 2 atom stereocenters. The fraction of sp³-hybridized carbons (Fsp3) is 0.429. The van der Waals surface area contributed by atoms with Crippen LogP contribution in [0.15, 0.2) is 12.2 Å². The van der Waals surface area contributed by atoms with Crippen LogP contribution >= 0.6 is 0 Å². The van der Waals surface area contributed by atoms with E-state index in [1.807, 2.05) is 0 Å². The van der Waals surface area contributed by atoms with Crippen LogP contribution in [0, 0.1) is 35.5 Å². The molecule has 0 amide bonds. The topological polar surface area (TPSA) is 29.5 Å². The normalized spacial score (nSPS) is 23.4. The van der Waals surface area contributed by atoms with E-state index < -0.39 is 6.10 Å². The first-order chi connectivity index (χ1) is 7.84. The molecular formula is C14H14O2. The maximum Gasteiger partial charge on any atom is 0.102 e. The zero-order chi connectivity index (χ0) is 11.6. The van der Waals surface area contributed by atoms with Crippen LogP contribution in [0.4, 0.5) is 0 Å². The van der Waals surface area contributed by atoms with E-state index in [9.17, 15) is 5.11 Å². The lowest BCUT2D eigenvalue weighted by atomic mass is 10.1. The number of hydrogen-bond donors (Lipinski definition) is 1. The number of hydrogen-bond acceptors (Lipinski definition) is 2. The third-order valence-electron chi connectivity index (χ3n) is 2.09. The van der Waals surface area contributed by atoms with Gasteiger partial charge in [-0.15, -0.1) is 0 Å². The van der Waals surface area contributed by atoms with Gasteiger partial charge in [0.1, 0.15) is 6.10 Å². The van der Waals surface area contributed by atoms with Crippen molar-refractivity contribution in [1.82, 2.24) is 0 Å². The van der Waals surface area contributed by atoms with Crippen molar-refractivity contribution in [2.45, 2.75) is 32.0 Å². The Balaban J connectivity index is 2.41. The molecule has 0 aromatic heterocycles. The van der Waals surface area contributed by atoms with Crippen LogP contribution in [0.2, 0.25) is 0 Å². The summed E-state index contributed by atoms with van der Waals surface area (Å²) in [5.74, 6) is 15.8. The van der Waals surface area contributed by atoms with Gasteiger partial charge in [-0.3, -0.25) is 0 Å². The van der Waals surface area contributed by atoms with Crippen molar-refractivity contribution < 1.29 is 9.84 Å². The maximum atomic E-state index is 9.57. The van der Waals surface area contributed by atoms with E-state index in [1.165, 1.54) is 0 Å². The summed E-state index contributed by atoms with van der Waals surface area (Å²) in [4.78, 5) is 0. The Hall–Kier alpha value is -1.66. The van der Waals surface area contributed by atoms with E-state index in [-0.39, 0.29) is 6.10 Å². The fourth-order valence-electron chi connectivity index (χ4n) is 1.32. The molecule has 0 radical (unpaired) electrons. The van der Waals surface area contributed by atoms with Gasteiger partial charge in [-0.05, 0) is 55.6 Å². The number of aliphatic hydroxyl groups is 1. The summed E-state index contributed by atoms with van der Waals surface area (Å²) in [5, 5.41) is 9.57. The summed E-state index contributed by atoms with van der Waals surface area (Å²) in [7, 11) is 0. The quantitative estimate of drug-likeness (QED) is 0.663. The minimum Gasteiger partial charge on any atom is -0.390 e. The smallest absolute Gasteiger partial charge is 0.102 e. The van der Waals surface area contributed by atoms with Crippen molar-refractivity contribution in [3.63, 3.8) is 0 Å². The average Bonchev–Trinajstić information content (AvgIpc) is 2.30. The van der Waals surface area contributed by atoms with Gasteiger partial charge in [0, 0.05) is 6.61 Å². The van der Waals surface area contributed by atoms with Crippen LogP contribution in [-0.4, -0.2) is 23.9 Å². The van der Waals surface area contributed by atoms with Gasteiger partial charge in [-0.1, -0.05) is 11.8 Å². The summed E-state index contributed by atoms with van der Waals surface area (Å²) in [6.07, 6.45) is 4.49. The Morgan fingerprint density at radius 1 is 1.25 bits per heavy atom. The minimum atomic E-state index is -0.413. The summed E-state index contributed by atoms with van der Waals surface area (Å²) in [5.41, 5.74) is 0. The zero-order valence-corrected chi connectivity index (χ0v) is 9.29. The fourth-order valence-corrected chi connectivity index (χ4v) is 1.32. The van der Waals surface area contributed by atoms with Crippen molar-refractivity contribution in [1.29, 1.82) is 0 Å². The highest BCUT2D eigenvalue weighted by Crippen LogP contribution is 2.14. The Morgan fingerprint density at radius 2 is 2.06 bits per heavy atom. The van der Waals surface area contributed by atoms with Crippen LogP contribution in [0.3, 0.4) is 0 Å². The second-order valence-corrected chi connectivity index (χ2v) is 3.30. The molecule has 0 saturated carbocycles. The Bertz CT molecular complexity index is 415. The van der Waals surface area contributed by atoms with Gasteiger partial charge >= 0.3 is 0 Å². The molecule has 1 rings (SSSR count).